The molecule has 0 N–H and O–H groups in total. The van der Waals surface area contributed by atoms with Crippen molar-refractivity contribution in [1.29, 1.82) is 0 Å². The third kappa shape index (κ3) is 0.939. The van der Waals surface area contributed by atoms with Gasteiger partial charge in [0.1, 0.15) is 0 Å². The molecule has 4 heteroatoms. The molecule has 11 heavy (non-hydrogen) atoms. The molecule has 2 aromatic heterocycles. The molecule has 0 saturated heterocycles. The van der Waals surface area contributed by atoms with Crippen LogP contribution in [0.2, 0.25) is 0 Å². The Bertz CT molecular complexity index is 357. The Hall–Kier alpha value is -0.900. The van der Waals surface area contributed by atoms with Crippen molar-refractivity contribution in [2.45, 2.75) is 6.92 Å². The van der Waals surface area contributed by atoms with Crippen LogP contribution in [0.4, 0.5) is 0 Å². The number of hydrogen-bond acceptors (Lipinski definition) is 2. The molecule has 0 aliphatic rings. The van der Waals surface area contributed by atoms with Gasteiger partial charge < -0.3 is 0 Å². The lowest BCUT2D eigenvalue weighted by molar-refractivity contribution is 1.01. The number of pyridine rings is 1. The molecule has 2 heterocycles. The number of aromatic nitrogens is 3. The van der Waals surface area contributed by atoms with Crippen molar-refractivity contribution in [3.8, 4) is 0 Å². The summed E-state index contributed by atoms with van der Waals surface area (Å²) < 4.78 is 1.61. The van der Waals surface area contributed by atoms with E-state index in [4.69, 9.17) is 0 Å². The third-order valence-corrected chi connectivity index (χ3v) is 2.08. The highest BCUT2D eigenvalue weighted by Gasteiger charge is 2.03. The van der Waals surface area contributed by atoms with Gasteiger partial charge in [0.15, 0.2) is 5.65 Å². The Labute approximate surface area is 72.4 Å². The number of hydrogen-bond donors (Lipinski definition) is 0. The van der Waals surface area contributed by atoms with Gasteiger partial charge in [-0.1, -0.05) is 0 Å². The predicted octanol–water partition coefficient (Wildman–Crippen LogP) is 1.90. The normalized spacial score (nSPS) is 10.7. The molecule has 3 nitrogen and oxygen atoms in total. The molecule has 0 atom stereocenters. The number of halogens is 1. The van der Waals surface area contributed by atoms with Crippen molar-refractivity contribution < 1.29 is 0 Å². The minimum absolute atomic E-state index is 0.866. The average molecular weight is 212 g/mol. The summed E-state index contributed by atoms with van der Waals surface area (Å²) in [6, 6.07) is 3.91. The van der Waals surface area contributed by atoms with Crippen LogP contribution in [-0.4, -0.2) is 13.8 Å². The van der Waals surface area contributed by atoms with Gasteiger partial charge in [0, 0.05) is 11.6 Å². The number of aryl methyl sites for hydroxylation is 1. The van der Waals surface area contributed by atoms with Crippen LogP contribution in [0.5, 0.6) is 0 Å². The first-order valence-corrected chi connectivity index (χ1v) is 3.96. The number of fused-ring (bicyclic) bond motifs is 1. The van der Waals surface area contributed by atoms with E-state index in [1.54, 1.807) is 9.90 Å². The second kappa shape index (κ2) is 2.30. The summed E-state index contributed by atoms with van der Waals surface area (Å²) in [7, 11) is 0. The van der Waals surface area contributed by atoms with Crippen molar-refractivity contribution in [2.24, 2.45) is 0 Å². The summed E-state index contributed by atoms with van der Waals surface area (Å²) in [6.07, 6.45) is 1.75. The smallest absolute Gasteiger partial charge is 0.170 e. The van der Waals surface area contributed by atoms with Crippen molar-refractivity contribution >= 4 is 27.2 Å². The monoisotopic (exact) mass is 211 g/mol. The Balaban J connectivity index is 2.95. The van der Waals surface area contributed by atoms with Crippen LogP contribution in [-0.2, 0) is 0 Å². The van der Waals surface area contributed by atoms with Crippen molar-refractivity contribution in [1.82, 2.24) is 13.8 Å². The molecule has 2 aromatic rings. The van der Waals surface area contributed by atoms with Crippen LogP contribution in [0.1, 0.15) is 5.69 Å². The van der Waals surface area contributed by atoms with Gasteiger partial charge in [-0.3, -0.25) is 0 Å². The van der Waals surface area contributed by atoms with E-state index in [9.17, 15) is 0 Å². The molecule has 0 unspecified atom stereocenters. The zero-order chi connectivity index (χ0) is 7.84. The number of rotatable bonds is 0. The SMILES string of the molecule is Cc1nn(Br)c2ncccc12. The van der Waals surface area contributed by atoms with E-state index in [1.807, 2.05) is 19.1 Å². The zero-order valence-corrected chi connectivity index (χ0v) is 7.54. The van der Waals surface area contributed by atoms with Crippen molar-refractivity contribution in [2.75, 3.05) is 0 Å². The van der Waals surface area contributed by atoms with Gasteiger partial charge in [0.2, 0.25) is 0 Å². The standard InChI is InChI=1S/C7H6BrN3/c1-5-6-3-2-4-9-7(6)11(8)10-5/h2-4H,1H3. The summed E-state index contributed by atoms with van der Waals surface area (Å²) >= 11 is 3.26. The number of nitrogens with zero attached hydrogens (tertiary/aromatic N) is 3. The highest BCUT2D eigenvalue weighted by atomic mass is 79.9. The van der Waals surface area contributed by atoms with Crippen LogP contribution in [0.25, 0.3) is 11.0 Å². The van der Waals surface area contributed by atoms with Crippen LogP contribution in [0, 0.1) is 6.92 Å². The fraction of sp³-hybridized carbons (Fsp3) is 0.143. The Morgan fingerprint density at radius 1 is 1.55 bits per heavy atom. The van der Waals surface area contributed by atoms with E-state index in [-0.39, 0.29) is 0 Å². The van der Waals surface area contributed by atoms with Gasteiger partial charge in [0.25, 0.3) is 0 Å². The molecule has 0 aliphatic heterocycles. The van der Waals surface area contributed by atoms with Crippen LogP contribution in [0.3, 0.4) is 0 Å². The minimum Gasteiger partial charge on any atom is -0.236 e. The summed E-state index contributed by atoms with van der Waals surface area (Å²) in [6.45, 7) is 1.96. The maximum absolute atomic E-state index is 4.16. The highest BCUT2D eigenvalue weighted by molar-refractivity contribution is 9.08. The second-order valence-corrected chi connectivity index (χ2v) is 2.99. The molecule has 0 spiro atoms. The Morgan fingerprint density at radius 2 is 2.36 bits per heavy atom. The van der Waals surface area contributed by atoms with E-state index in [0.717, 1.165) is 16.7 Å². The molecular formula is C7H6BrN3. The molecule has 0 fully saturated rings. The lowest BCUT2D eigenvalue weighted by Crippen LogP contribution is -1.82. The Kier molecular flexibility index (Phi) is 1.42. The summed E-state index contributed by atoms with van der Waals surface area (Å²) in [4.78, 5) is 4.16. The zero-order valence-electron chi connectivity index (χ0n) is 5.95. The summed E-state index contributed by atoms with van der Waals surface area (Å²) in [5.74, 6) is 0. The molecule has 2 rings (SSSR count). The van der Waals surface area contributed by atoms with Gasteiger partial charge in [-0.25, -0.2) is 4.98 Å². The largest absolute Gasteiger partial charge is 0.236 e. The first-order valence-electron chi connectivity index (χ1n) is 3.25. The van der Waals surface area contributed by atoms with Gasteiger partial charge in [0.05, 0.1) is 21.8 Å². The average Bonchev–Trinajstić information content (AvgIpc) is 2.30. The van der Waals surface area contributed by atoms with Crippen LogP contribution >= 0.6 is 16.1 Å². The molecule has 56 valence electrons. The molecular weight excluding hydrogens is 206 g/mol. The van der Waals surface area contributed by atoms with Gasteiger partial charge >= 0.3 is 0 Å². The van der Waals surface area contributed by atoms with Crippen LogP contribution < -0.4 is 0 Å². The summed E-state index contributed by atoms with van der Waals surface area (Å²) in [5.41, 5.74) is 1.86. The minimum atomic E-state index is 0.866. The van der Waals surface area contributed by atoms with Gasteiger partial charge in [-0.15, -0.1) is 0 Å². The van der Waals surface area contributed by atoms with Gasteiger partial charge in [-0.2, -0.15) is 8.81 Å². The molecule has 0 saturated carbocycles. The molecule has 0 aromatic carbocycles. The highest BCUT2D eigenvalue weighted by Crippen LogP contribution is 2.15. The van der Waals surface area contributed by atoms with E-state index in [1.165, 1.54) is 0 Å². The summed E-state index contributed by atoms with van der Waals surface area (Å²) in [5, 5.41) is 5.25. The van der Waals surface area contributed by atoms with Crippen molar-refractivity contribution in [3.05, 3.63) is 24.0 Å². The maximum atomic E-state index is 4.16. The fourth-order valence-electron chi connectivity index (χ4n) is 1.06. The molecule has 0 aliphatic carbocycles. The van der Waals surface area contributed by atoms with Gasteiger partial charge in [-0.05, 0) is 19.1 Å². The second-order valence-electron chi connectivity index (χ2n) is 2.32. The Morgan fingerprint density at radius 3 is 3.09 bits per heavy atom. The first kappa shape index (κ1) is 6.79. The van der Waals surface area contributed by atoms with Crippen molar-refractivity contribution in [3.63, 3.8) is 0 Å². The maximum Gasteiger partial charge on any atom is 0.170 e. The fourth-order valence-corrected chi connectivity index (χ4v) is 1.58. The van der Waals surface area contributed by atoms with E-state index in [0.29, 0.717) is 0 Å². The first-order chi connectivity index (χ1) is 5.29. The lowest BCUT2D eigenvalue weighted by Gasteiger charge is -1.86. The van der Waals surface area contributed by atoms with E-state index < -0.39 is 0 Å². The third-order valence-electron chi connectivity index (χ3n) is 1.59. The molecule has 0 radical (unpaired) electrons. The lowest BCUT2D eigenvalue weighted by atomic mass is 10.3. The molecule has 0 bridgehead atoms. The van der Waals surface area contributed by atoms with E-state index >= 15 is 0 Å². The van der Waals surface area contributed by atoms with E-state index in [2.05, 4.69) is 26.2 Å². The topological polar surface area (TPSA) is 30.7 Å². The van der Waals surface area contributed by atoms with Crippen LogP contribution in [0.15, 0.2) is 18.3 Å². The predicted molar refractivity (Wildman–Crippen MR) is 46.6 cm³/mol. The quantitative estimate of drug-likeness (QED) is 0.667. The molecule has 0 amide bonds.